The van der Waals surface area contributed by atoms with Gasteiger partial charge in [-0.2, -0.15) is 5.10 Å². The number of aromatic amines is 1. The molecule has 0 fully saturated rings. The highest BCUT2D eigenvalue weighted by molar-refractivity contribution is 5.73. The molecule has 2 heteroatoms. The molecule has 1 aliphatic rings. The van der Waals surface area contributed by atoms with Crippen molar-refractivity contribution in [1.82, 2.24) is 10.2 Å². The SMILES string of the molecule is C1=CC(c2cn[nH]c2)=CCC1.CC.CC. The van der Waals surface area contributed by atoms with Crippen LogP contribution in [0.5, 0.6) is 0 Å². The molecule has 1 aromatic heterocycles. The minimum absolute atomic E-state index is 1.15. The second-order valence-corrected chi connectivity index (χ2v) is 2.63. The zero-order valence-electron chi connectivity index (χ0n) is 10.2. The lowest BCUT2D eigenvalue weighted by molar-refractivity contribution is 1.04. The first-order valence-electron chi connectivity index (χ1n) is 5.83. The van der Waals surface area contributed by atoms with Gasteiger partial charge in [0.25, 0.3) is 0 Å². The van der Waals surface area contributed by atoms with Crippen molar-refractivity contribution in [2.24, 2.45) is 0 Å². The molecule has 2 nitrogen and oxygen atoms in total. The Kier molecular flexibility index (Phi) is 8.44. The molecule has 0 atom stereocenters. The van der Waals surface area contributed by atoms with Crippen LogP contribution in [0.2, 0.25) is 0 Å². The summed E-state index contributed by atoms with van der Waals surface area (Å²) in [6.45, 7) is 8.00. The molecule has 0 unspecified atom stereocenters. The molecule has 2 rings (SSSR count). The first-order valence-corrected chi connectivity index (χ1v) is 5.83. The van der Waals surface area contributed by atoms with E-state index in [0.717, 1.165) is 6.42 Å². The molecular formula is C13H22N2. The number of nitrogens with zero attached hydrogens (tertiary/aromatic N) is 1. The molecule has 84 valence electrons. The van der Waals surface area contributed by atoms with Crippen molar-refractivity contribution in [3.05, 3.63) is 36.2 Å². The van der Waals surface area contributed by atoms with Gasteiger partial charge in [0, 0.05) is 11.8 Å². The van der Waals surface area contributed by atoms with Crippen LogP contribution in [0.3, 0.4) is 0 Å². The maximum atomic E-state index is 3.90. The molecule has 0 amide bonds. The Labute approximate surface area is 93.1 Å². The Morgan fingerprint density at radius 3 is 2.33 bits per heavy atom. The number of rotatable bonds is 1. The molecule has 0 saturated carbocycles. The van der Waals surface area contributed by atoms with Crippen LogP contribution in [0.15, 0.2) is 30.6 Å². The normalized spacial score (nSPS) is 12.9. The molecule has 0 saturated heterocycles. The highest BCUT2D eigenvalue weighted by Crippen LogP contribution is 2.19. The maximum absolute atomic E-state index is 3.90. The predicted molar refractivity (Wildman–Crippen MR) is 67.6 cm³/mol. The quantitative estimate of drug-likeness (QED) is 0.733. The molecule has 0 aromatic carbocycles. The fourth-order valence-corrected chi connectivity index (χ4v) is 1.24. The zero-order chi connectivity index (χ0) is 11.5. The fraction of sp³-hybridized carbons (Fsp3) is 0.462. The molecule has 15 heavy (non-hydrogen) atoms. The largest absolute Gasteiger partial charge is 0.285 e. The molecule has 1 N–H and O–H groups in total. The first kappa shape index (κ1) is 13.7. The third-order valence-corrected chi connectivity index (χ3v) is 1.83. The zero-order valence-corrected chi connectivity index (χ0v) is 10.2. The third kappa shape index (κ3) is 4.63. The van der Waals surface area contributed by atoms with Crippen LogP contribution in [-0.2, 0) is 0 Å². The molecule has 1 aliphatic carbocycles. The standard InChI is InChI=1S/C9H10N2.2C2H6/c1-2-4-8(5-3-1)9-6-10-11-7-9;2*1-2/h2,4-7H,1,3H2,(H,10,11);2*1-2H3. The lowest BCUT2D eigenvalue weighted by Gasteiger charge is -2.02. The van der Waals surface area contributed by atoms with Gasteiger partial charge in [-0.25, -0.2) is 0 Å². The number of allylic oxidation sites excluding steroid dienone is 4. The average molecular weight is 206 g/mol. The van der Waals surface area contributed by atoms with Crippen LogP contribution < -0.4 is 0 Å². The van der Waals surface area contributed by atoms with Gasteiger partial charge in [0.2, 0.25) is 0 Å². The van der Waals surface area contributed by atoms with Crippen LogP contribution in [0.25, 0.3) is 5.57 Å². The Morgan fingerprint density at radius 2 is 1.87 bits per heavy atom. The molecule has 0 aliphatic heterocycles. The van der Waals surface area contributed by atoms with Gasteiger partial charge in [0.15, 0.2) is 0 Å². The van der Waals surface area contributed by atoms with Crippen LogP contribution in [0.1, 0.15) is 46.1 Å². The molecular weight excluding hydrogens is 184 g/mol. The van der Waals surface area contributed by atoms with Gasteiger partial charge in [-0.3, -0.25) is 5.10 Å². The van der Waals surface area contributed by atoms with E-state index in [0.29, 0.717) is 0 Å². The van der Waals surface area contributed by atoms with Crippen molar-refractivity contribution in [2.75, 3.05) is 0 Å². The molecule has 0 bridgehead atoms. The van der Waals surface area contributed by atoms with E-state index in [-0.39, 0.29) is 0 Å². The number of aromatic nitrogens is 2. The molecule has 0 spiro atoms. The predicted octanol–water partition coefficient (Wildman–Crippen LogP) is 4.20. The Balaban J connectivity index is 0.000000442. The topological polar surface area (TPSA) is 28.7 Å². The van der Waals surface area contributed by atoms with Gasteiger partial charge in [-0.1, -0.05) is 45.9 Å². The van der Waals surface area contributed by atoms with E-state index in [1.54, 1.807) is 0 Å². The van der Waals surface area contributed by atoms with Gasteiger partial charge in [-0.05, 0) is 18.4 Å². The summed E-state index contributed by atoms with van der Waals surface area (Å²) in [5, 5.41) is 6.70. The minimum Gasteiger partial charge on any atom is -0.285 e. The number of H-pyrrole nitrogens is 1. The maximum Gasteiger partial charge on any atom is 0.0565 e. The van der Waals surface area contributed by atoms with E-state index in [1.807, 2.05) is 40.1 Å². The monoisotopic (exact) mass is 206 g/mol. The molecule has 1 aromatic rings. The summed E-state index contributed by atoms with van der Waals surface area (Å²) in [7, 11) is 0. The summed E-state index contributed by atoms with van der Waals surface area (Å²) in [6, 6.07) is 0. The van der Waals surface area contributed by atoms with Crippen molar-refractivity contribution in [2.45, 2.75) is 40.5 Å². The molecule has 0 radical (unpaired) electrons. The number of nitrogens with one attached hydrogen (secondary N) is 1. The van der Waals surface area contributed by atoms with Crippen LogP contribution >= 0.6 is 0 Å². The van der Waals surface area contributed by atoms with Crippen LogP contribution in [0.4, 0.5) is 0 Å². The Bertz CT molecular complexity index is 281. The van der Waals surface area contributed by atoms with Crippen molar-refractivity contribution >= 4 is 5.57 Å². The van der Waals surface area contributed by atoms with Crippen molar-refractivity contribution < 1.29 is 0 Å². The Hall–Kier alpha value is -1.31. The average Bonchev–Trinajstić information content (AvgIpc) is 2.89. The van der Waals surface area contributed by atoms with Crippen molar-refractivity contribution in [1.29, 1.82) is 0 Å². The van der Waals surface area contributed by atoms with E-state index in [9.17, 15) is 0 Å². The van der Waals surface area contributed by atoms with Gasteiger partial charge < -0.3 is 0 Å². The lowest BCUT2D eigenvalue weighted by atomic mass is 10.0. The summed E-state index contributed by atoms with van der Waals surface area (Å²) in [5.74, 6) is 0. The smallest absolute Gasteiger partial charge is 0.0565 e. The van der Waals surface area contributed by atoms with Gasteiger partial charge in [-0.15, -0.1) is 0 Å². The summed E-state index contributed by atoms with van der Waals surface area (Å²) in [6.07, 6.45) is 12.7. The van der Waals surface area contributed by atoms with E-state index in [4.69, 9.17) is 0 Å². The van der Waals surface area contributed by atoms with E-state index in [2.05, 4.69) is 28.4 Å². The van der Waals surface area contributed by atoms with Crippen molar-refractivity contribution in [3.63, 3.8) is 0 Å². The highest BCUT2D eigenvalue weighted by Gasteiger charge is 2.00. The van der Waals surface area contributed by atoms with Gasteiger partial charge in [0.1, 0.15) is 0 Å². The summed E-state index contributed by atoms with van der Waals surface area (Å²) >= 11 is 0. The third-order valence-electron chi connectivity index (χ3n) is 1.83. The second-order valence-electron chi connectivity index (χ2n) is 2.63. The van der Waals surface area contributed by atoms with Crippen LogP contribution in [0, 0.1) is 0 Å². The summed E-state index contributed by atoms with van der Waals surface area (Å²) in [4.78, 5) is 0. The van der Waals surface area contributed by atoms with Crippen molar-refractivity contribution in [3.8, 4) is 0 Å². The lowest BCUT2D eigenvalue weighted by Crippen LogP contribution is -1.82. The van der Waals surface area contributed by atoms with E-state index >= 15 is 0 Å². The summed E-state index contributed by atoms with van der Waals surface area (Å²) < 4.78 is 0. The molecule has 1 heterocycles. The van der Waals surface area contributed by atoms with Gasteiger partial charge in [0.05, 0.1) is 6.20 Å². The van der Waals surface area contributed by atoms with E-state index in [1.165, 1.54) is 17.6 Å². The number of hydrogen-bond acceptors (Lipinski definition) is 1. The highest BCUT2D eigenvalue weighted by atomic mass is 15.1. The fourth-order valence-electron chi connectivity index (χ4n) is 1.24. The second kappa shape index (κ2) is 9.25. The summed E-state index contributed by atoms with van der Waals surface area (Å²) in [5.41, 5.74) is 2.46. The van der Waals surface area contributed by atoms with Gasteiger partial charge >= 0.3 is 0 Å². The van der Waals surface area contributed by atoms with Crippen LogP contribution in [-0.4, -0.2) is 10.2 Å². The first-order chi connectivity index (χ1) is 7.47. The number of hydrogen-bond donors (Lipinski definition) is 1. The minimum atomic E-state index is 1.15. The Morgan fingerprint density at radius 1 is 1.13 bits per heavy atom. The van der Waals surface area contributed by atoms with E-state index < -0.39 is 0 Å².